The first kappa shape index (κ1) is 19.5. The molecule has 146 valence electrons. The maximum Gasteiger partial charge on any atom is 0.268 e. The van der Waals surface area contributed by atoms with Crippen molar-refractivity contribution in [2.45, 2.75) is 18.9 Å². The first-order valence-electron chi connectivity index (χ1n) is 8.93. The van der Waals surface area contributed by atoms with Crippen LogP contribution in [0.25, 0.3) is 11.4 Å². The van der Waals surface area contributed by atoms with E-state index < -0.39 is 6.04 Å². The third-order valence-corrected chi connectivity index (χ3v) is 4.30. The molecule has 1 aromatic carbocycles. The third-order valence-electron chi connectivity index (χ3n) is 4.30. The number of nitrogens with one attached hydrogen (secondary N) is 1. The third kappa shape index (κ3) is 4.52. The van der Waals surface area contributed by atoms with E-state index in [2.05, 4.69) is 15.3 Å². The van der Waals surface area contributed by atoms with Gasteiger partial charge in [-0.05, 0) is 18.9 Å². The number of likely N-dealkylation sites (N-methyl/N-ethyl adjacent to an activating group) is 1. The molecule has 0 fully saturated rings. The molecule has 1 unspecified atom stereocenters. The summed E-state index contributed by atoms with van der Waals surface area (Å²) in [6.45, 7) is 0.442. The molecule has 3 rings (SSSR count). The standard InChI is InChI=1S/C20H22N4O4/c1-24(27-2)20(26)16-10-4-3-7-13-28-17-11-12-21-18(23-17)14-8-5-6-9-15(14)19(25)22-16/h3-6,8-9,11-12,16H,7,10,13H2,1-2H3,(H,22,25)/b4-3+. The Bertz CT molecular complexity index is 884. The van der Waals surface area contributed by atoms with E-state index in [0.717, 1.165) is 5.06 Å². The molecule has 1 N–H and O–H groups in total. The molecular formula is C20H22N4O4. The predicted octanol–water partition coefficient (Wildman–Crippen LogP) is 1.99. The zero-order valence-corrected chi connectivity index (χ0v) is 15.8. The molecular weight excluding hydrogens is 360 g/mol. The molecule has 2 bridgehead atoms. The quantitative estimate of drug-likeness (QED) is 0.631. The number of amides is 2. The van der Waals surface area contributed by atoms with E-state index in [1.807, 2.05) is 12.2 Å². The van der Waals surface area contributed by atoms with Crippen molar-refractivity contribution in [2.24, 2.45) is 0 Å². The van der Waals surface area contributed by atoms with Crippen molar-refractivity contribution in [3.05, 3.63) is 54.2 Å². The summed E-state index contributed by atoms with van der Waals surface area (Å²) in [6, 6.07) is 7.90. The van der Waals surface area contributed by atoms with Gasteiger partial charge in [-0.25, -0.2) is 10.0 Å². The van der Waals surface area contributed by atoms with E-state index in [0.29, 0.717) is 42.3 Å². The van der Waals surface area contributed by atoms with Crippen molar-refractivity contribution >= 4 is 11.8 Å². The topological polar surface area (TPSA) is 93.7 Å². The summed E-state index contributed by atoms with van der Waals surface area (Å²) in [5, 5.41) is 3.90. The molecule has 1 aliphatic heterocycles. The number of aromatic nitrogens is 2. The fourth-order valence-corrected chi connectivity index (χ4v) is 2.78. The Kier molecular flexibility index (Phi) is 6.33. The lowest BCUT2D eigenvalue weighted by Crippen LogP contribution is -2.46. The van der Waals surface area contributed by atoms with E-state index in [4.69, 9.17) is 9.57 Å². The van der Waals surface area contributed by atoms with Crippen LogP contribution in [0.3, 0.4) is 0 Å². The number of hydroxylamine groups is 2. The van der Waals surface area contributed by atoms with Crippen LogP contribution in [0.15, 0.2) is 48.7 Å². The highest BCUT2D eigenvalue weighted by molar-refractivity contribution is 6.02. The lowest BCUT2D eigenvalue weighted by atomic mass is 10.0. The maximum absolute atomic E-state index is 13.0. The second-order valence-corrected chi connectivity index (χ2v) is 6.15. The van der Waals surface area contributed by atoms with Gasteiger partial charge in [0.05, 0.1) is 19.3 Å². The summed E-state index contributed by atoms with van der Waals surface area (Å²) in [5.74, 6) is 0.0894. The molecule has 0 saturated carbocycles. The number of ether oxygens (including phenoxy) is 1. The van der Waals surface area contributed by atoms with Crippen LogP contribution in [-0.4, -0.2) is 53.7 Å². The highest BCUT2D eigenvalue weighted by Crippen LogP contribution is 2.22. The number of benzene rings is 1. The Balaban J connectivity index is 2.00. The Morgan fingerprint density at radius 1 is 1.25 bits per heavy atom. The highest BCUT2D eigenvalue weighted by Gasteiger charge is 2.25. The Morgan fingerprint density at radius 3 is 2.82 bits per heavy atom. The number of carbonyl (C=O) groups is 2. The molecule has 0 saturated heterocycles. The number of rotatable bonds is 2. The van der Waals surface area contributed by atoms with Crippen LogP contribution in [0, 0.1) is 0 Å². The number of carbonyl (C=O) groups excluding carboxylic acids is 2. The van der Waals surface area contributed by atoms with Crippen molar-refractivity contribution < 1.29 is 19.2 Å². The lowest BCUT2D eigenvalue weighted by molar-refractivity contribution is -0.170. The molecule has 1 atom stereocenters. The van der Waals surface area contributed by atoms with Crippen LogP contribution < -0.4 is 10.1 Å². The summed E-state index contributed by atoms with van der Waals surface area (Å²) in [4.78, 5) is 39.2. The molecule has 28 heavy (non-hydrogen) atoms. The summed E-state index contributed by atoms with van der Waals surface area (Å²) in [7, 11) is 2.90. The number of fused-ring (bicyclic) bond motifs is 4. The fraction of sp³-hybridized carbons (Fsp3) is 0.300. The highest BCUT2D eigenvalue weighted by atomic mass is 16.7. The van der Waals surface area contributed by atoms with Gasteiger partial charge in [0.1, 0.15) is 6.04 Å². The van der Waals surface area contributed by atoms with Crippen LogP contribution in [-0.2, 0) is 9.63 Å². The minimum absolute atomic E-state index is 0.336. The summed E-state index contributed by atoms with van der Waals surface area (Å²) in [6.07, 6.45) is 6.32. The zero-order chi connectivity index (χ0) is 19.9. The minimum Gasteiger partial charge on any atom is -0.477 e. The average Bonchev–Trinajstić information content (AvgIpc) is 2.73. The molecule has 0 aliphatic carbocycles. The van der Waals surface area contributed by atoms with Crippen LogP contribution in [0.4, 0.5) is 0 Å². The molecule has 8 nitrogen and oxygen atoms in total. The average molecular weight is 382 g/mol. The van der Waals surface area contributed by atoms with E-state index in [1.54, 1.807) is 36.5 Å². The van der Waals surface area contributed by atoms with Gasteiger partial charge in [0, 0.05) is 24.9 Å². The normalized spacial score (nSPS) is 18.1. The maximum atomic E-state index is 13.0. The van der Waals surface area contributed by atoms with Crippen LogP contribution in [0.5, 0.6) is 5.88 Å². The van der Waals surface area contributed by atoms with Gasteiger partial charge < -0.3 is 10.1 Å². The summed E-state index contributed by atoms with van der Waals surface area (Å²) < 4.78 is 5.66. The Morgan fingerprint density at radius 2 is 2.04 bits per heavy atom. The van der Waals surface area contributed by atoms with E-state index in [1.165, 1.54) is 14.2 Å². The Hall–Kier alpha value is -3.26. The molecule has 2 amide bonds. The molecule has 2 heterocycles. The lowest BCUT2D eigenvalue weighted by Gasteiger charge is -2.22. The molecule has 0 spiro atoms. The van der Waals surface area contributed by atoms with Crippen LogP contribution >= 0.6 is 0 Å². The molecule has 0 radical (unpaired) electrons. The predicted molar refractivity (Wildman–Crippen MR) is 102 cm³/mol. The van der Waals surface area contributed by atoms with Crippen molar-refractivity contribution in [3.8, 4) is 17.3 Å². The largest absolute Gasteiger partial charge is 0.477 e. The van der Waals surface area contributed by atoms with E-state index >= 15 is 0 Å². The van der Waals surface area contributed by atoms with Crippen molar-refractivity contribution in [1.29, 1.82) is 0 Å². The van der Waals surface area contributed by atoms with Gasteiger partial charge in [-0.3, -0.25) is 14.4 Å². The van der Waals surface area contributed by atoms with Gasteiger partial charge in [0.2, 0.25) is 5.88 Å². The van der Waals surface area contributed by atoms with Crippen LogP contribution in [0.2, 0.25) is 0 Å². The van der Waals surface area contributed by atoms with Gasteiger partial charge in [-0.15, -0.1) is 0 Å². The van der Waals surface area contributed by atoms with E-state index in [9.17, 15) is 9.59 Å². The molecule has 8 heteroatoms. The summed E-state index contributed by atoms with van der Waals surface area (Å²) in [5.41, 5.74) is 0.933. The van der Waals surface area contributed by atoms with Gasteiger partial charge in [-0.1, -0.05) is 30.4 Å². The van der Waals surface area contributed by atoms with Crippen molar-refractivity contribution in [2.75, 3.05) is 20.8 Å². The SMILES string of the molecule is CON(C)C(=O)C1C/C=C/CCOc2ccnc(n2)-c2ccccc2C(=O)N1. The molecule has 1 aliphatic rings. The van der Waals surface area contributed by atoms with Crippen molar-refractivity contribution in [1.82, 2.24) is 20.3 Å². The smallest absolute Gasteiger partial charge is 0.268 e. The fourth-order valence-electron chi connectivity index (χ4n) is 2.78. The Labute approximate surface area is 163 Å². The van der Waals surface area contributed by atoms with Gasteiger partial charge >= 0.3 is 0 Å². The number of nitrogens with zero attached hydrogens (tertiary/aromatic N) is 3. The zero-order valence-electron chi connectivity index (χ0n) is 15.8. The monoisotopic (exact) mass is 382 g/mol. The second-order valence-electron chi connectivity index (χ2n) is 6.15. The first-order chi connectivity index (χ1) is 13.6. The van der Waals surface area contributed by atoms with Gasteiger partial charge in [0.25, 0.3) is 11.8 Å². The van der Waals surface area contributed by atoms with Crippen LogP contribution in [0.1, 0.15) is 23.2 Å². The van der Waals surface area contributed by atoms with E-state index in [-0.39, 0.29) is 11.8 Å². The van der Waals surface area contributed by atoms with Gasteiger partial charge in [-0.2, -0.15) is 4.98 Å². The first-order valence-corrected chi connectivity index (χ1v) is 8.93. The van der Waals surface area contributed by atoms with Crippen molar-refractivity contribution in [3.63, 3.8) is 0 Å². The molecule has 2 aromatic rings. The number of hydrogen-bond donors (Lipinski definition) is 1. The summed E-state index contributed by atoms with van der Waals surface area (Å²) >= 11 is 0. The van der Waals surface area contributed by atoms with Gasteiger partial charge in [0.15, 0.2) is 5.82 Å². The molecule has 1 aromatic heterocycles. The second kappa shape index (κ2) is 9.09. The number of hydrogen-bond acceptors (Lipinski definition) is 6. The minimum atomic E-state index is -0.766.